The number of anilines is 1. The second kappa shape index (κ2) is 6.29. The van der Waals surface area contributed by atoms with Crippen LogP contribution in [-0.2, 0) is 0 Å². The van der Waals surface area contributed by atoms with Crippen molar-refractivity contribution in [1.82, 2.24) is 30.0 Å². The van der Waals surface area contributed by atoms with Gasteiger partial charge in [0.25, 0.3) is 5.91 Å². The molecule has 0 spiro atoms. The van der Waals surface area contributed by atoms with Gasteiger partial charge in [0.1, 0.15) is 30.1 Å². The number of likely N-dealkylation sites (tertiary alicyclic amines) is 1. The van der Waals surface area contributed by atoms with Crippen LogP contribution in [0, 0.1) is 6.92 Å². The number of hydrogen-bond donors (Lipinski definition) is 2. The number of hydrogen-bond acceptors (Lipinski definition) is 7. The van der Waals surface area contributed by atoms with E-state index in [-0.39, 0.29) is 11.4 Å². The van der Waals surface area contributed by atoms with Gasteiger partial charge in [-0.1, -0.05) is 0 Å². The fraction of sp³-hybridized carbons (Fsp3) is 0.526. The molecule has 2 fully saturated rings. The lowest BCUT2D eigenvalue weighted by Crippen LogP contribution is -2.38. The maximum absolute atomic E-state index is 13.4. The fourth-order valence-electron chi connectivity index (χ4n) is 3.92. The Morgan fingerprint density at radius 3 is 2.71 bits per heavy atom. The van der Waals surface area contributed by atoms with Crippen molar-refractivity contribution in [3.63, 3.8) is 0 Å². The number of rotatable bonds is 4. The average molecular weight is 381 g/mol. The molecule has 0 bridgehead atoms. The lowest BCUT2D eigenvalue weighted by atomic mass is 9.95. The number of fused-ring (bicyclic) bond motifs is 1. The lowest BCUT2D eigenvalue weighted by Gasteiger charge is -2.31. The second-order valence-corrected chi connectivity index (χ2v) is 8.06. The third-order valence-corrected chi connectivity index (χ3v) is 5.90. The molecule has 2 N–H and O–H groups in total. The number of nitrogens with one attached hydrogen (secondary N) is 2. The third kappa shape index (κ3) is 2.90. The van der Waals surface area contributed by atoms with E-state index in [9.17, 15) is 4.79 Å². The quantitative estimate of drug-likeness (QED) is 0.714. The maximum atomic E-state index is 13.4. The van der Waals surface area contributed by atoms with Gasteiger partial charge in [-0.2, -0.15) is 5.10 Å². The molecule has 1 aliphatic carbocycles. The number of aromatic amines is 1. The van der Waals surface area contributed by atoms with Crippen molar-refractivity contribution in [2.24, 2.45) is 0 Å². The highest BCUT2D eigenvalue weighted by Crippen LogP contribution is 2.40. The Morgan fingerprint density at radius 1 is 1.25 bits per heavy atom. The van der Waals surface area contributed by atoms with E-state index in [0.717, 1.165) is 31.5 Å². The summed E-state index contributed by atoms with van der Waals surface area (Å²) in [5.74, 6) is 2.45. The molecule has 146 valence electrons. The van der Waals surface area contributed by atoms with Gasteiger partial charge in [-0.3, -0.25) is 9.89 Å². The van der Waals surface area contributed by atoms with Crippen LogP contribution in [0.4, 0.5) is 5.82 Å². The van der Waals surface area contributed by atoms with Crippen LogP contribution in [0.25, 0.3) is 11.1 Å². The van der Waals surface area contributed by atoms with Gasteiger partial charge < -0.3 is 14.6 Å². The molecule has 0 radical (unpaired) electrons. The largest absolute Gasteiger partial charge is 0.442 e. The molecule has 1 saturated heterocycles. The lowest BCUT2D eigenvalue weighted by molar-refractivity contribution is 0.0711. The van der Waals surface area contributed by atoms with Crippen molar-refractivity contribution in [1.29, 1.82) is 0 Å². The highest BCUT2D eigenvalue weighted by molar-refractivity contribution is 6.10. The van der Waals surface area contributed by atoms with E-state index < -0.39 is 0 Å². The summed E-state index contributed by atoms with van der Waals surface area (Å²) < 4.78 is 5.80. The van der Waals surface area contributed by atoms with Crippen molar-refractivity contribution >= 4 is 22.8 Å². The Morgan fingerprint density at radius 2 is 2.04 bits per heavy atom. The number of amides is 1. The predicted octanol–water partition coefficient (Wildman–Crippen LogP) is 2.63. The van der Waals surface area contributed by atoms with Crippen molar-refractivity contribution in [3.8, 4) is 0 Å². The highest BCUT2D eigenvalue weighted by Gasteiger charge is 2.39. The van der Waals surface area contributed by atoms with Gasteiger partial charge in [-0.05, 0) is 39.5 Å². The summed E-state index contributed by atoms with van der Waals surface area (Å²) in [5, 5.41) is 11.0. The summed E-state index contributed by atoms with van der Waals surface area (Å²) in [6, 6.07) is 0. The molecule has 9 nitrogen and oxygen atoms in total. The average Bonchev–Trinajstić information content (AvgIpc) is 3.11. The topological polar surface area (TPSA) is 113 Å². The number of carbonyl (C=O) groups excluding carboxylic acids is 1. The molecule has 28 heavy (non-hydrogen) atoms. The summed E-state index contributed by atoms with van der Waals surface area (Å²) in [5.41, 5.74) is 1.07. The third-order valence-electron chi connectivity index (χ3n) is 5.90. The first-order chi connectivity index (χ1) is 13.5. The molecule has 0 atom stereocenters. The van der Waals surface area contributed by atoms with E-state index in [0.29, 0.717) is 47.2 Å². The van der Waals surface area contributed by atoms with Crippen LogP contribution in [0.5, 0.6) is 0 Å². The molecule has 3 aromatic heterocycles. The SMILES string of the molecule is Cc1oc2ncnc(NC3(C)CC3)c2c1C(=O)N1CCC(c2ncn[nH]2)CC1. The molecule has 1 aliphatic heterocycles. The Balaban J connectivity index is 1.42. The standard InChI is InChI=1S/C19H23N7O2/c1-11-13(14-16(24-19(2)5-6-19)20-9-22-17(14)28-11)18(27)26-7-3-12(4-8-26)15-21-10-23-25-15/h9-10,12H,3-8H2,1-2H3,(H,20,22,24)(H,21,23,25). The van der Waals surface area contributed by atoms with Crippen LogP contribution in [-0.4, -0.2) is 54.6 Å². The van der Waals surface area contributed by atoms with Crippen LogP contribution in [0.1, 0.15) is 60.5 Å². The fourth-order valence-corrected chi connectivity index (χ4v) is 3.92. The number of furan rings is 1. The first-order valence-corrected chi connectivity index (χ1v) is 9.71. The number of aromatic nitrogens is 5. The smallest absolute Gasteiger partial charge is 0.258 e. The van der Waals surface area contributed by atoms with Gasteiger partial charge >= 0.3 is 0 Å². The molecule has 4 heterocycles. The molecule has 0 aromatic carbocycles. The molecule has 2 aliphatic rings. The van der Waals surface area contributed by atoms with E-state index in [2.05, 4.69) is 37.4 Å². The van der Waals surface area contributed by atoms with E-state index in [1.54, 1.807) is 0 Å². The minimum atomic E-state index is -0.0222. The van der Waals surface area contributed by atoms with Gasteiger partial charge in [-0.25, -0.2) is 15.0 Å². The summed E-state index contributed by atoms with van der Waals surface area (Å²) in [6.07, 6.45) is 6.91. The molecular formula is C19H23N7O2. The normalized spacial score (nSPS) is 19.1. The van der Waals surface area contributed by atoms with Crippen molar-refractivity contribution in [2.75, 3.05) is 18.4 Å². The summed E-state index contributed by atoms with van der Waals surface area (Å²) >= 11 is 0. The Bertz CT molecular complexity index is 1010. The Kier molecular flexibility index (Phi) is 3.85. The van der Waals surface area contributed by atoms with Crippen molar-refractivity contribution in [3.05, 3.63) is 29.8 Å². The zero-order valence-electron chi connectivity index (χ0n) is 16.0. The van der Waals surface area contributed by atoms with Crippen LogP contribution >= 0.6 is 0 Å². The van der Waals surface area contributed by atoms with E-state index in [1.807, 2.05) is 11.8 Å². The minimum absolute atomic E-state index is 0.0222. The first-order valence-electron chi connectivity index (χ1n) is 9.71. The Labute approximate surface area is 161 Å². The monoisotopic (exact) mass is 381 g/mol. The summed E-state index contributed by atoms with van der Waals surface area (Å²) in [6.45, 7) is 5.32. The zero-order chi connectivity index (χ0) is 19.3. The molecule has 1 saturated carbocycles. The Hall–Kier alpha value is -2.97. The van der Waals surface area contributed by atoms with Crippen LogP contribution in [0.2, 0.25) is 0 Å². The molecule has 0 unspecified atom stereocenters. The molecule has 5 rings (SSSR count). The van der Waals surface area contributed by atoms with E-state index >= 15 is 0 Å². The minimum Gasteiger partial charge on any atom is -0.442 e. The molecular weight excluding hydrogens is 358 g/mol. The molecule has 1 amide bonds. The summed E-state index contributed by atoms with van der Waals surface area (Å²) in [4.78, 5) is 28.2. The van der Waals surface area contributed by atoms with Gasteiger partial charge in [0.2, 0.25) is 5.71 Å². The number of aryl methyl sites for hydroxylation is 1. The number of H-pyrrole nitrogens is 1. The molecule has 9 heteroatoms. The van der Waals surface area contributed by atoms with Gasteiger partial charge in [-0.15, -0.1) is 0 Å². The number of piperidine rings is 1. The first kappa shape index (κ1) is 17.2. The van der Waals surface area contributed by atoms with Gasteiger partial charge in [0.15, 0.2) is 0 Å². The van der Waals surface area contributed by atoms with Crippen LogP contribution in [0.15, 0.2) is 17.1 Å². The van der Waals surface area contributed by atoms with Crippen LogP contribution < -0.4 is 5.32 Å². The maximum Gasteiger partial charge on any atom is 0.258 e. The number of carbonyl (C=O) groups is 1. The zero-order valence-corrected chi connectivity index (χ0v) is 16.0. The van der Waals surface area contributed by atoms with Crippen molar-refractivity contribution in [2.45, 2.75) is 51.0 Å². The van der Waals surface area contributed by atoms with Crippen molar-refractivity contribution < 1.29 is 9.21 Å². The van der Waals surface area contributed by atoms with Gasteiger partial charge in [0.05, 0.1) is 10.9 Å². The highest BCUT2D eigenvalue weighted by atomic mass is 16.3. The second-order valence-electron chi connectivity index (χ2n) is 8.06. The number of nitrogens with zero attached hydrogens (tertiary/aromatic N) is 5. The van der Waals surface area contributed by atoms with Gasteiger partial charge in [0, 0.05) is 24.5 Å². The van der Waals surface area contributed by atoms with Crippen LogP contribution in [0.3, 0.4) is 0 Å². The van der Waals surface area contributed by atoms with E-state index in [4.69, 9.17) is 4.42 Å². The summed E-state index contributed by atoms with van der Waals surface area (Å²) in [7, 11) is 0. The molecule has 3 aromatic rings. The van der Waals surface area contributed by atoms with E-state index in [1.165, 1.54) is 12.7 Å². The predicted molar refractivity (Wildman–Crippen MR) is 102 cm³/mol.